The molecule has 2 rings (SSSR count). The number of H-pyrrole nitrogens is 2. The second-order valence-corrected chi connectivity index (χ2v) is 5.00. The van der Waals surface area contributed by atoms with Crippen molar-refractivity contribution in [2.24, 2.45) is 0 Å². The molecule has 0 amide bonds. The summed E-state index contributed by atoms with van der Waals surface area (Å²) in [6.45, 7) is 10.0. The molecule has 0 bridgehead atoms. The van der Waals surface area contributed by atoms with E-state index in [1.54, 1.807) is 0 Å². The topological polar surface area (TPSA) is 60.6 Å². The van der Waals surface area contributed by atoms with Crippen LogP contribution < -0.4 is 0 Å². The fourth-order valence-corrected chi connectivity index (χ4v) is 2.21. The zero-order valence-electron chi connectivity index (χ0n) is 11.8. The van der Waals surface area contributed by atoms with Crippen molar-refractivity contribution >= 4 is 0 Å². The quantitative estimate of drug-likeness (QED) is 0.868. The van der Waals surface area contributed by atoms with Gasteiger partial charge in [0, 0.05) is 35.6 Å². The predicted molar refractivity (Wildman–Crippen MR) is 71.3 cm³/mol. The molecule has 0 aromatic carbocycles. The summed E-state index contributed by atoms with van der Waals surface area (Å²) in [6, 6.07) is 0. The Labute approximate surface area is 108 Å². The second kappa shape index (κ2) is 4.94. The van der Waals surface area contributed by atoms with Gasteiger partial charge in [0.15, 0.2) is 0 Å². The van der Waals surface area contributed by atoms with Crippen LogP contribution in [0.2, 0.25) is 0 Å². The van der Waals surface area contributed by atoms with Crippen LogP contribution in [0.1, 0.15) is 33.9 Å². The van der Waals surface area contributed by atoms with Gasteiger partial charge >= 0.3 is 0 Å². The van der Waals surface area contributed by atoms with Crippen LogP contribution in [0.5, 0.6) is 0 Å². The van der Waals surface area contributed by atoms with E-state index in [1.807, 2.05) is 13.8 Å². The van der Waals surface area contributed by atoms with Crippen LogP contribution in [-0.4, -0.2) is 32.3 Å². The van der Waals surface area contributed by atoms with Gasteiger partial charge in [-0.25, -0.2) is 0 Å². The van der Waals surface area contributed by atoms with Crippen molar-refractivity contribution in [1.82, 2.24) is 25.3 Å². The molecular weight excluding hydrogens is 226 g/mol. The highest BCUT2D eigenvalue weighted by Crippen LogP contribution is 2.16. The van der Waals surface area contributed by atoms with Gasteiger partial charge in [0.05, 0.1) is 11.4 Å². The van der Waals surface area contributed by atoms with E-state index in [1.165, 1.54) is 11.1 Å². The minimum absolute atomic E-state index is 0.901. The molecule has 0 fully saturated rings. The van der Waals surface area contributed by atoms with Gasteiger partial charge in [-0.05, 0) is 34.7 Å². The number of aromatic nitrogens is 4. The van der Waals surface area contributed by atoms with Crippen LogP contribution in [0.15, 0.2) is 0 Å². The van der Waals surface area contributed by atoms with Gasteiger partial charge in [-0.1, -0.05) is 0 Å². The summed E-state index contributed by atoms with van der Waals surface area (Å²) >= 11 is 0. The van der Waals surface area contributed by atoms with Gasteiger partial charge in [0.1, 0.15) is 0 Å². The van der Waals surface area contributed by atoms with E-state index in [0.29, 0.717) is 0 Å². The number of rotatable bonds is 4. The number of aromatic amines is 2. The summed E-state index contributed by atoms with van der Waals surface area (Å²) in [4.78, 5) is 2.29. The molecule has 0 unspecified atom stereocenters. The Bertz CT molecular complexity index is 450. The van der Waals surface area contributed by atoms with Gasteiger partial charge in [-0.3, -0.25) is 15.1 Å². The van der Waals surface area contributed by atoms with E-state index in [2.05, 4.69) is 46.2 Å². The molecule has 2 aromatic rings. The van der Waals surface area contributed by atoms with E-state index < -0.39 is 0 Å². The molecule has 5 heteroatoms. The van der Waals surface area contributed by atoms with E-state index in [9.17, 15) is 0 Å². The first-order chi connectivity index (χ1) is 8.49. The zero-order chi connectivity index (χ0) is 13.3. The van der Waals surface area contributed by atoms with Gasteiger partial charge in [-0.15, -0.1) is 0 Å². The van der Waals surface area contributed by atoms with Crippen molar-refractivity contribution in [3.05, 3.63) is 33.9 Å². The summed E-state index contributed by atoms with van der Waals surface area (Å²) < 4.78 is 0. The minimum atomic E-state index is 0.901. The highest BCUT2D eigenvalue weighted by molar-refractivity contribution is 5.25. The monoisotopic (exact) mass is 247 g/mol. The van der Waals surface area contributed by atoms with E-state index in [4.69, 9.17) is 0 Å². The summed E-state index contributed by atoms with van der Waals surface area (Å²) in [5.41, 5.74) is 7.05. The molecule has 0 saturated heterocycles. The second-order valence-electron chi connectivity index (χ2n) is 5.00. The predicted octanol–water partition coefficient (Wildman–Crippen LogP) is 2.00. The Morgan fingerprint density at radius 1 is 0.833 bits per heavy atom. The van der Waals surface area contributed by atoms with Crippen LogP contribution in [0.4, 0.5) is 0 Å². The Kier molecular flexibility index (Phi) is 3.52. The Morgan fingerprint density at radius 2 is 1.22 bits per heavy atom. The lowest BCUT2D eigenvalue weighted by molar-refractivity contribution is 0.316. The number of nitrogens with one attached hydrogen (secondary N) is 2. The number of hydrogen-bond acceptors (Lipinski definition) is 3. The smallest absolute Gasteiger partial charge is 0.0639 e. The maximum absolute atomic E-state index is 4.23. The maximum Gasteiger partial charge on any atom is 0.0639 e. The Morgan fingerprint density at radius 3 is 1.50 bits per heavy atom. The molecule has 0 aliphatic rings. The highest BCUT2D eigenvalue weighted by atomic mass is 15.2. The molecule has 0 spiro atoms. The van der Waals surface area contributed by atoms with Gasteiger partial charge < -0.3 is 0 Å². The fourth-order valence-electron chi connectivity index (χ4n) is 2.21. The number of hydrogen-bond donors (Lipinski definition) is 2. The van der Waals surface area contributed by atoms with Crippen molar-refractivity contribution in [1.29, 1.82) is 0 Å². The molecule has 18 heavy (non-hydrogen) atoms. The molecule has 98 valence electrons. The first-order valence-corrected chi connectivity index (χ1v) is 6.18. The van der Waals surface area contributed by atoms with Crippen LogP contribution in [0, 0.1) is 27.7 Å². The van der Waals surface area contributed by atoms with Crippen LogP contribution in [0.3, 0.4) is 0 Å². The zero-order valence-corrected chi connectivity index (χ0v) is 11.8. The van der Waals surface area contributed by atoms with E-state index in [0.717, 1.165) is 35.9 Å². The lowest BCUT2D eigenvalue weighted by Crippen LogP contribution is -2.18. The van der Waals surface area contributed by atoms with Crippen LogP contribution in [-0.2, 0) is 13.1 Å². The lowest BCUT2D eigenvalue weighted by Gasteiger charge is -2.17. The molecule has 0 atom stereocenters. The Balaban J connectivity index is 2.08. The SMILES string of the molecule is Cc1n[nH]c(C)c1CN(C)Cc1c(C)n[nH]c1C. The van der Waals surface area contributed by atoms with Crippen molar-refractivity contribution < 1.29 is 0 Å². The fraction of sp³-hybridized carbons (Fsp3) is 0.538. The molecule has 0 aliphatic heterocycles. The third-order valence-corrected chi connectivity index (χ3v) is 3.42. The van der Waals surface area contributed by atoms with Crippen molar-refractivity contribution in [2.75, 3.05) is 7.05 Å². The lowest BCUT2D eigenvalue weighted by atomic mass is 10.1. The number of aryl methyl sites for hydroxylation is 4. The normalized spacial score (nSPS) is 11.4. The minimum Gasteiger partial charge on any atom is -0.298 e. The summed E-state index contributed by atoms with van der Waals surface area (Å²) in [7, 11) is 2.12. The van der Waals surface area contributed by atoms with Crippen molar-refractivity contribution in [3.63, 3.8) is 0 Å². The van der Waals surface area contributed by atoms with E-state index in [-0.39, 0.29) is 0 Å². The average molecular weight is 247 g/mol. The number of nitrogens with zero attached hydrogens (tertiary/aromatic N) is 3. The first-order valence-electron chi connectivity index (χ1n) is 6.18. The van der Waals surface area contributed by atoms with Crippen LogP contribution in [0.25, 0.3) is 0 Å². The molecule has 5 nitrogen and oxygen atoms in total. The third kappa shape index (κ3) is 2.46. The largest absolute Gasteiger partial charge is 0.298 e. The van der Waals surface area contributed by atoms with Gasteiger partial charge in [-0.2, -0.15) is 10.2 Å². The summed E-state index contributed by atoms with van der Waals surface area (Å²) in [5.74, 6) is 0. The van der Waals surface area contributed by atoms with Crippen molar-refractivity contribution in [3.8, 4) is 0 Å². The van der Waals surface area contributed by atoms with Gasteiger partial charge in [0.2, 0.25) is 0 Å². The maximum atomic E-state index is 4.23. The molecule has 0 aliphatic carbocycles. The molecule has 2 aromatic heterocycles. The molecule has 0 radical (unpaired) electrons. The average Bonchev–Trinajstić information content (AvgIpc) is 2.79. The highest BCUT2D eigenvalue weighted by Gasteiger charge is 2.12. The third-order valence-electron chi connectivity index (χ3n) is 3.42. The molecular formula is C13H21N5. The summed E-state index contributed by atoms with van der Waals surface area (Å²) in [6.07, 6.45) is 0. The molecule has 2 heterocycles. The Hall–Kier alpha value is -1.62. The molecule has 2 N–H and O–H groups in total. The van der Waals surface area contributed by atoms with Gasteiger partial charge in [0.25, 0.3) is 0 Å². The standard InChI is InChI=1S/C13H21N5/c1-8-12(9(2)15-14-8)6-18(5)7-13-10(3)16-17-11(13)4/h6-7H2,1-5H3,(H,14,15)(H,16,17). The first kappa shape index (κ1) is 12.8. The van der Waals surface area contributed by atoms with Crippen LogP contribution >= 0.6 is 0 Å². The molecule has 0 saturated carbocycles. The summed E-state index contributed by atoms with van der Waals surface area (Å²) in [5, 5.41) is 14.5. The van der Waals surface area contributed by atoms with Crippen molar-refractivity contribution in [2.45, 2.75) is 40.8 Å². The van der Waals surface area contributed by atoms with E-state index >= 15 is 0 Å².